The zero-order chi connectivity index (χ0) is 23.8. The lowest BCUT2D eigenvalue weighted by Crippen LogP contribution is -2.22. The summed E-state index contributed by atoms with van der Waals surface area (Å²) in [5.74, 6) is -0.701. The molecule has 0 spiro atoms. The zero-order valence-electron chi connectivity index (χ0n) is 18.0. The van der Waals surface area contributed by atoms with Crippen LogP contribution < -0.4 is 10.9 Å². The molecule has 172 valence electrons. The summed E-state index contributed by atoms with van der Waals surface area (Å²) in [6, 6.07) is 13.5. The summed E-state index contributed by atoms with van der Waals surface area (Å²) in [5, 5.41) is 15.0. The van der Waals surface area contributed by atoms with Gasteiger partial charge in [0.1, 0.15) is 5.82 Å². The monoisotopic (exact) mass is 496 g/mol. The second-order valence-corrected chi connectivity index (χ2v) is 9.22. The van der Waals surface area contributed by atoms with Crippen LogP contribution in [-0.2, 0) is 11.8 Å². The van der Waals surface area contributed by atoms with E-state index < -0.39 is 0 Å². The van der Waals surface area contributed by atoms with Crippen molar-refractivity contribution in [1.82, 2.24) is 34.6 Å². The molecule has 0 aliphatic carbocycles. The van der Waals surface area contributed by atoms with Crippen LogP contribution in [0.2, 0.25) is 0 Å². The SMILES string of the molecule is Cc1c(-n2nnnc2SCC(=O)Nc2nc3ccc(F)cc3s2)c(=O)n(-c2ccccc2)n1C. The van der Waals surface area contributed by atoms with E-state index in [1.807, 2.05) is 30.3 Å². The maximum Gasteiger partial charge on any atom is 0.297 e. The van der Waals surface area contributed by atoms with Crippen molar-refractivity contribution < 1.29 is 9.18 Å². The first kappa shape index (κ1) is 22.0. The van der Waals surface area contributed by atoms with Crippen molar-refractivity contribution in [1.29, 1.82) is 0 Å². The minimum Gasteiger partial charge on any atom is -0.301 e. The molecule has 5 rings (SSSR count). The van der Waals surface area contributed by atoms with Crippen LogP contribution in [-0.4, -0.2) is 46.2 Å². The molecule has 0 bridgehead atoms. The number of thiazole rings is 1. The number of carbonyl (C=O) groups is 1. The Kier molecular flexibility index (Phi) is 5.71. The molecule has 1 N–H and O–H groups in total. The lowest BCUT2D eigenvalue weighted by Gasteiger charge is -2.07. The molecule has 0 aliphatic rings. The topological polar surface area (TPSA) is 113 Å². The third kappa shape index (κ3) is 3.99. The molecule has 0 atom stereocenters. The number of para-hydroxylation sites is 1. The number of hydrogen-bond acceptors (Lipinski definition) is 8. The van der Waals surface area contributed by atoms with Crippen LogP contribution in [0, 0.1) is 12.7 Å². The second-order valence-electron chi connectivity index (χ2n) is 7.25. The number of fused-ring (bicyclic) bond motifs is 1. The number of anilines is 1. The molecule has 34 heavy (non-hydrogen) atoms. The van der Waals surface area contributed by atoms with Crippen LogP contribution in [0.25, 0.3) is 21.6 Å². The van der Waals surface area contributed by atoms with Crippen LogP contribution in [0.1, 0.15) is 5.69 Å². The Morgan fingerprint density at radius 2 is 2.00 bits per heavy atom. The van der Waals surface area contributed by atoms with Crippen molar-refractivity contribution in [3.05, 3.63) is 70.4 Å². The molecule has 0 saturated heterocycles. The van der Waals surface area contributed by atoms with E-state index in [0.717, 1.165) is 11.8 Å². The summed E-state index contributed by atoms with van der Waals surface area (Å²) >= 11 is 2.27. The summed E-state index contributed by atoms with van der Waals surface area (Å²) in [6.45, 7) is 1.80. The molecule has 5 aromatic rings. The fraction of sp³-hybridized carbons (Fsp3) is 0.143. The average Bonchev–Trinajstić information content (AvgIpc) is 3.49. The van der Waals surface area contributed by atoms with E-state index in [4.69, 9.17) is 0 Å². The van der Waals surface area contributed by atoms with Gasteiger partial charge in [0, 0.05) is 7.05 Å². The van der Waals surface area contributed by atoms with Gasteiger partial charge in [-0.3, -0.25) is 14.3 Å². The highest BCUT2D eigenvalue weighted by Crippen LogP contribution is 2.27. The Morgan fingerprint density at radius 1 is 1.21 bits per heavy atom. The van der Waals surface area contributed by atoms with Crippen molar-refractivity contribution in [3.8, 4) is 11.4 Å². The van der Waals surface area contributed by atoms with Gasteiger partial charge in [-0.25, -0.2) is 14.1 Å². The number of amides is 1. The molecule has 2 aromatic carbocycles. The summed E-state index contributed by atoms with van der Waals surface area (Å²) < 4.78 is 18.6. The zero-order valence-corrected chi connectivity index (χ0v) is 19.6. The van der Waals surface area contributed by atoms with E-state index >= 15 is 0 Å². The number of thioether (sulfide) groups is 1. The highest BCUT2D eigenvalue weighted by molar-refractivity contribution is 7.99. The third-order valence-corrected chi connectivity index (χ3v) is 6.96. The Bertz CT molecular complexity index is 1570. The molecule has 0 fully saturated rings. The molecule has 1 amide bonds. The van der Waals surface area contributed by atoms with Gasteiger partial charge >= 0.3 is 0 Å². The molecule has 13 heteroatoms. The van der Waals surface area contributed by atoms with Crippen molar-refractivity contribution in [2.24, 2.45) is 7.05 Å². The number of tetrazole rings is 1. The molecule has 3 aromatic heterocycles. The predicted octanol–water partition coefficient (Wildman–Crippen LogP) is 2.94. The van der Waals surface area contributed by atoms with Gasteiger partial charge in [-0.2, -0.15) is 4.68 Å². The molecule has 0 aliphatic heterocycles. The number of benzene rings is 2. The first-order valence-corrected chi connectivity index (χ1v) is 11.8. The minimum absolute atomic E-state index is 0.0105. The first-order chi connectivity index (χ1) is 16.4. The summed E-state index contributed by atoms with van der Waals surface area (Å²) in [4.78, 5) is 30.0. The highest BCUT2D eigenvalue weighted by Gasteiger charge is 2.22. The number of halogens is 1. The molecule has 0 unspecified atom stereocenters. The van der Waals surface area contributed by atoms with Gasteiger partial charge < -0.3 is 5.32 Å². The van der Waals surface area contributed by atoms with Crippen molar-refractivity contribution in [2.45, 2.75) is 12.1 Å². The fourth-order valence-corrected chi connectivity index (χ4v) is 5.03. The number of carbonyl (C=O) groups excluding carboxylic acids is 1. The van der Waals surface area contributed by atoms with E-state index in [2.05, 4.69) is 25.8 Å². The summed E-state index contributed by atoms with van der Waals surface area (Å²) in [6.07, 6.45) is 0. The fourth-order valence-electron chi connectivity index (χ4n) is 3.44. The van der Waals surface area contributed by atoms with E-state index in [0.29, 0.717) is 37.6 Å². The van der Waals surface area contributed by atoms with E-state index in [1.54, 1.807) is 24.7 Å². The van der Waals surface area contributed by atoms with Crippen LogP contribution in [0.5, 0.6) is 0 Å². The van der Waals surface area contributed by atoms with Crippen LogP contribution in [0.3, 0.4) is 0 Å². The summed E-state index contributed by atoms with van der Waals surface area (Å²) in [7, 11) is 1.78. The molecular weight excluding hydrogens is 479 g/mol. The average molecular weight is 497 g/mol. The lowest BCUT2D eigenvalue weighted by molar-refractivity contribution is -0.113. The van der Waals surface area contributed by atoms with Crippen LogP contribution in [0.4, 0.5) is 9.52 Å². The standard InChI is InChI=1S/C21H17FN8O2S2/c1-12-18(19(32)30(28(12)2)14-6-4-3-5-7-14)29-21(25-26-27-29)33-11-17(31)24-20-23-15-9-8-13(22)10-16(15)34-20/h3-10H,11H2,1-2H3,(H,23,24,31). The van der Waals surface area contributed by atoms with Crippen molar-refractivity contribution in [3.63, 3.8) is 0 Å². The largest absolute Gasteiger partial charge is 0.301 e. The van der Waals surface area contributed by atoms with Gasteiger partial charge in [0.05, 0.1) is 27.4 Å². The Labute approximate surface area is 200 Å². The maximum absolute atomic E-state index is 13.4. The van der Waals surface area contributed by atoms with Gasteiger partial charge in [0.15, 0.2) is 10.8 Å². The molecule has 0 radical (unpaired) electrons. The Balaban J connectivity index is 1.36. The minimum atomic E-state index is -0.362. The van der Waals surface area contributed by atoms with E-state index in [9.17, 15) is 14.0 Å². The maximum atomic E-state index is 13.4. The van der Waals surface area contributed by atoms with E-state index in [-0.39, 0.29) is 23.0 Å². The van der Waals surface area contributed by atoms with E-state index in [1.165, 1.54) is 32.8 Å². The van der Waals surface area contributed by atoms with Gasteiger partial charge in [-0.1, -0.05) is 41.3 Å². The Hall–Kier alpha value is -3.84. The van der Waals surface area contributed by atoms with Crippen molar-refractivity contribution in [2.75, 3.05) is 11.1 Å². The van der Waals surface area contributed by atoms with Crippen molar-refractivity contribution >= 4 is 44.4 Å². The first-order valence-electron chi connectivity index (χ1n) is 10.0. The molecule has 3 heterocycles. The highest BCUT2D eigenvalue weighted by atomic mass is 32.2. The van der Waals surface area contributed by atoms with Crippen LogP contribution in [0.15, 0.2) is 58.5 Å². The number of aromatic nitrogens is 7. The lowest BCUT2D eigenvalue weighted by atomic mass is 10.3. The second kappa shape index (κ2) is 8.83. The quantitative estimate of drug-likeness (QED) is 0.360. The number of nitrogens with zero attached hydrogens (tertiary/aromatic N) is 7. The van der Waals surface area contributed by atoms with Crippen LogP contribution >= 0.6 is 23.1 Å². The normalized spacial score (nSPS) is 11.3. The predicted molar refractivity (Wildman–Crippen MR) is 127 cm³/mol. The third-order valence-electron chi connectivity index (χ3n) is 5.11. The Morgan fingerprint density at radius 3 is 2.79 bits per heavy atom. The van der Waals surface area contributed by atoms with Gasteiger partial charge in [-0.15, -0.1) is 5.10 Å². The number of rotatable bonds is 6. The summed E-state index contributed by atoms with van der Waals surface area (Å²) in [5.41, 5.74) is 1.99. The molecule has 10 nitrogen and oxygen atoms in total. The molecule has 0 saturated carbocycles. The van der Waals surface area contributed by atoms with Gasteiger partial charge in [0.2, 0.25) is 11.1 Å². The van der Waals surface area contributed by atoms with Gasteiger partial charge in [-0.05, 0) is 47.7 Å². The number of hydrogen-bond donors (Lipinski definition) is 1. The molecular formula is C21H17FN8O2S2. The number of nitrogens with one attached hydrogen (secondary N) is 1. The van der Waals surface area contributed by atoms with Gasteiger partial charge in [0.25, 0.3) is 5.56 Å². The smallest absolute Gasteiger partial charge is 0.297 e.